The molecule has 1 atom stereocenters. The summed E-state index contributed by atoms with van der Waals surface area (Å²) in [7, 11) is 0. The number of fused-ring (bicyclic) bond motifs is 1. The predicted molar refractivity (Wildman–Crippen MR) is 56.1 cm³/mol. The monoisotopic (exact) mass is 187 g/mol. The summed E-state index contributed by atoms with van der Waals surface area (Å²) in [5.41, 5.74) is 2.82. The Hall–Kier alpha value is -1.35. The molecule has 2 heterocycles. The number of nitrogens with one attached hydrogen (secondary N) is 1. The minimum absolute atomic E-state index is 0.345. The molecule has 0 aliphatic carbocycles. The van der Waals surface area contributed by atoms with Gasteiger partial charge in [0.05, 0.1) is 12.9 Å². The first-order chi connectivity index (χ1) is 6.95. The standard InChI is InChI=1S/C11H13N3/c1-2-4-10-9(3-1)7-13-11(10)14-6-5-12-8-14/h1-4,8,11,13H,5-7H2. The van der Waals surface area contributed by atoms with E-state index in [0.717, 1.165) is 19.6 Å². The van der Waals surface area contributed by atoms with E-state index in [4.69, 9.17) is 0 Å². The highest BCUT2D eigenvalue weighted by Gasteiger charge is 2.26. The fraction of sp³-hybridized carbons (Fsp3) is 0.364. The van der Waals surface area contributed by atoms with Gasteiger partial charge >= 0.3 is 0 Å². The average Bonchev–Trinajstić information content (AvgIpc) is 2.85. The fourth-order valence-electron chi connectivity index (χ4n) is 2.16. The lowest BCUT2D eigenvalue weighted by Crippen LogP contribution is -2.32. The van der Waals surface area contributed by atoms with E-state index in [2.05, 4.69) is 39.5 Å². The van der Waals surface area contributed by atoms with Crippen molar-refractivity contribution >= 4 is 6.34 Å². The van der Waals surface area contributed by atoms with Crippen LogP contribution in [0.15, 0.2) is 29.3 Å². The smallest absolute Gasteiger partial charge is 0.107 e. The van der Waals surface area contributed by atoms with Crippen LogP contribution in [0.4, 0.5) is 0 Å². The van der Waals surface area contributed by atoms with E-state index >= 15 is 0 Å². The molecular weight excluding hydrogens is 174 g/mol. The van der Waals surface area contributed by atoms with E-state index in [0.29, 0.717) is 6.17 Å². The van der Waals surface area contributed by atoms with E-state index in [1.807, 2.05) is 6.34 Å². The summed E-state index contributed by atoms with van der Waals surface area (Å²) in [6.45, 7) is 2.94. The van der Waals surface area contributed by atoms with Crippen LogP contribution in [0.5, 0.6) is 0 Å². The van der Waals surface area contributed by atoms with Gasteiger partial charge in [-0.25, -0.2) is 0 Å². The molecular formula is C11H13N3. The molecule has 1 aromatic carbocycles. The zero-order valence-electron chi connectivity index (χ0n) is 7.98. The van der Waals surface area contributed by atoms with Crippen LogP contribution in [0, 0.1) is 0 Å². The summed E-state index contributed by atoms with van der Waals surface area (Å²) in [4.78, 5) is 6.51. The molecule has 0 bridgehead atoms. The quantitative estimate of drug-likeness (QED) is 0.713. The first kappa shape index (κ1) is 8.00. The van der Waals surface area contributed by atoms with Crippen LogP contribution in [0.25, 0.3) is 0 Å². The Labute approximate surface area is 83.4 Å². The average molecular weight is 187 g/mol. The van der Waals surface area contributed by atoms with E-state index in [9.17, 15) is 0 Å². The molecule has 3 heteroatoms. The Kier molecular flexibility index (Phi) is 1.77. The summed E-state index contributed by atoms with van der Waals surface area (Å²) in [5, 5.41) is 3.50. The van der Waals surface area contributed by atoms with Gasteiger partial charge in [0, 0.05) is 13.1 Å². The lowest BCUT2D eigenvalue weighted by atomic mass is 10.1. The van der Waals surface area contributed by atoms with Crippen molar-refractivity contribution in [3.05, 3.63) is 35.4 Å². The number of benzene rings is 1. The van der Waals surface area contributed by atoms with Crippen LogP contribution in [0.3, 0.4) is 0 Å². The highest BCUT2D eigenvalue weighted by molar-refractivity contribution is 5.58. The zero-order chi connectivity index (χ0) is 9.38. The van der Waals surface area contributed by atoms with Gasteiger partial charge in [-0.15, -0.1) is 0 Å². The summed E-state index contributed by atoms with van der Waals surface area (Å²) in [6, 6.07) is 8.59. The third-order valence-electron chi connectivity index (χ3n) is 2.88. The van der Waals surface area contributed by atoms with Crippen LogP contribution in [0.2, 0.25) is 0 Å². The summed E-state index contributed by atoms with van der Waals surface area (Å²) < 4.78 is 0. The highest BCUT2D eigenvalue weighted by Crippen LogP contribution is 2.27. The summed E-state index contributed by atoms with van der Waals surface area (Å²) in [5.74, 6) is 0. The normalized spacial score (nSPS) is 24.3. The van der Waals surface area contributed by atoms with Crippen molar-refractivity contribution in [2.24, 2.45) is 4.99 Å². The second-order valence-corrected chi connectivity index (χ2v) is 3.74. The molecule has 0 aromatic heterocycles. The van der Waals surface area contributed by atoms with E-state index in [1.165, 1.54) is 11.1 Å². The van der Waals surface area contributed by atoms with Gasteiger partial charge in [0.1, 0.15) is 6.17 Å². The van der Waals surface area contributed by atoms with Crippen molar-refractivity contribution in [2.45, 2.75) is 12.7 Å². The third-order valence-corrected chi connectivity index (χ3v) is 2.88. The molecule has 2 aliphatic rings. The van der Waals surface area contributed by atoms with Crippen molar-refractivity contribution < 1.29 is 0 Å². The van der Waals surface area contributed by atoms with Crippen molar-refractivity contribution in [3.63, 3.8) is 0 Å². The Morgan fingerprint density at radius 1 is 1.36 bits per heavy atom. The number of hydrogen-bond donors (Lipinski definition) is 1. The van der Waals surface area contributed by atoms with Gasteiger partial charge < -0.3 is 4.90 Å². The van der Waals surface area contributed by atoms with Gasteiger partial charge in [-0.05, 0) is 11.1 Å². The predicted octanol–water partition coefficient (Wildman–Crippen LogP) is 1.13. The molecule has 1 N–H and O–H groups in total. The molecule has 0 spiro atoms. The SMILES string of the molecule is C1=NCCN1C1NCc2ccccc21. The van der Waals surface area contributed by atoms with Gasteiger partial charge in [0.15, 0.2) is 0 Å². The van der Waals surface area contributed by atoms with E-state index in [1.54, 1.807) is 0 Å². The number of nitrogens with zero attached hydrogens (tertiary/aromatic N) is 2. The van der Waals surface area contributed by atoms with Gasteiger partial charge in [-0.1, -0.05) is 24.3 Å². The lowest BCUT2D eigenvalue weighted by Gasteiger charge is -2.23. The fourth-order valence-corrected chi connectivity index (χ4v) is 2.16. The maximum atomic E-state index is 4.24. The molecule has 2 aliphatic heterocycles. The maximum absolute atomic E-state index is 4.24. The molecule has 72 valence electrons. The second kappa shape index (κ2) is 3.10. The van der Waals surface area contributed by atoms with Crippen LogP contribution in [0.1, 0.15) is 17.3 Å². The number of hydrogen-bond acceptors (Lipinski definition) is 3. The first-order valence-corrected chi connectivity index (χ1v) is 5.02. The maximum Gasteiger partial charge on any atom is 0.107 e. The molecule has 0 saturated carbocycles. The Bertz CT molecular complexity index is 373. The van der Waals surface area contributed by atoms with Crippen molar-refractivity contribution in [2.75, 3.05) is 13.1 Å². The highest BCUT2D eigenvalue weighted by atomic mass is 15.3. The Morgan fingerprint density at radius 2 is 2.29 bits per heavy atom. The zero-order valence-corrected chi connectivity index (χ0v) is 7.98. The van der Waals surface area contributed by atoms with E-state index in [-0.39, 0.29) is 0 Å². The lowest BCUT2D eigenvalue weighted by molar-refractivity contribution is 0.312. The van der Waals surface area contributed by atoms with Crippen LogP contribution < -0.4 is 5.32 Å². The van der Waals surface area contributed by atoms with Gasteiger partial charge in [-0.3, -0.25) is 10.3 Å². The van der Waals surface area contributed by atoms with Gasteiger partial charge in [0.25, 0.3) is 0 Å². The van der Waals surface area contributed by atoms with E-state index < -0.39 is 0 Å². The molecule has 1 aromatic rings. The minimum Gasteiger partial charge on any atom is -0.341 e. The minimum atomic E-state index is 0.345. The molecule has 0 radical (unpaired) electrons. The largest absolute Gasteiger partial charge is 0.341 e. The van der Waals surface area contributed by atoms with Gasteiger partial charge in [0.2, 0.25) is 0 Å². The first-order valence-electron chi connectivity index (χ1n) is 5.02. The summed E-state index contributed by atoms with van der Waals surface area (Å²) >= 11 is 0. The van der Waals surface area contributed by atoms with Crippen molar-refractivity contribution in [3.8, 4) is 0 Å². The molecule has 14 heavy (non-hydrogen) atoms. The summed E-state index contributed by atoms with van der Waals surface area (Å²) in [6.07, 6.45) is 2.30. The Balaban J connectivity index is 1.93. The molecule has 3 nitrogen and oxygen atoms in total. The van der Waals surface area contributed by atoms with Crippen molar-refractivity contribution in [1.29, 1.82) is 0 Å². The number of rotatable bonds is 1. The topological polar surface area (TPSA) is 27.6 Å². The molecule has 0 amide bonds. The van der Waals surface area contributed by atoms with Crippen LogP contribution in [-0.2, 0) is 6.54 Å². The number of aliphatic imine (C=N–C) groups is 1. The second-order valence-electron chi connectivity index (χ2n) is 3.74. The molecule has 3 rings (SSSR count). The molecule has 1 unspecified atom stereocenters. The molecule has 0 fully saturated rings. The van der Waals surface area contributed by atoms with Gasteiger partial charge in [-0.2, -0.15) is 0 Å². The Morgan fingerprint density at radius 3 is 3.14 bits per heavy atom. The van der Waals surface area contributed by atoms with Crippen molar-refractivity contribution in [1.82, 2.24) is 10.2 Å². The van der Waals surface area contributed by atoms with Crippen LogP contribution in [-0.4, -0.2) is 24.3 Å². The molecule has 0 saturated heterocycles. The van der Waals surface area contributed by atoms with Crippen LogP contribution >= 0.6 is 0 Å². The third kappa shape index (κ3) is 1.13.